The van der Waals surface area contributed by atoms with E-state index in [1.165, 1.54) is 0 Å². The first kappa shape index (κ1) is 18.9. The van der Waals surface area contributed by atoms with Gasteiger partial charge in [0.25, 0.3) is 11.5 Å². The molecule has 0 aliphatic carbocycles. The molecule has 1 aliphatic heterocycles. The summed E-state index contributed by atoms with van der Waals surface area (Å²) in [6.45, 7) is 5.07. The number of fused-ring (bicyclic) bond motifs is 2. The first-order chi connectivity index (χ1) is 14.1. The summed E-state index contributed by atoms with van der Waals surface area (Å²) in [5.74, 6) is 1.23. The molecule has 0 atom stereocenters. The smallest absolute Gasteiger partial charge is 0.271 e. The Bertz CT molecular complexity index is 1160. The van der Waals surface area contributed by atoms with Crippen LogP contribution in [0.5, 0.6) is 5.75 Å². The Kier molecular flexibility index (Phi) is 5.12. The first-order valence-electron chi connectivity index (χ1n) is 9.68. The van der Waals surface area contributed by atoms with Gasteiger partial charge in [0.05, 0.1) is 23.2 Å². The van der Waals surface area contributed by atoms with Gasteiger partial charge in [-0.2, -0.15) is 5.10 Å². The Morgan fingerprint density at radius 3 is 2.72 bits per heavy atom. The van der Waals surface area contributed by atoms with Crippen LogP contribution in [-0.2, 0) is 13.0 Å². The van der Waals surface area contributed by atoms with E-state index in [1.54, 1.807) is 22.8 Å². The molecule has 0 spiro atoms. The van der Waals surface area contributed by atoms with Gasteiger partial charge in [-0.15, -0.1) is 0 Å². The average Bonchev–Trinajstić information content (AvgIpc) is 3.21. The Morgan fingerprint density at radius 1 is 1.21 bits per heavy atom. The third-order valence-corrected chi connectivity index (χ3v) is 4.99. The lowest BCUT2D eigenvalue weighted by Crippen LogP contribution is -2.22. The largest absolute Gasteiger partial charge is 0.494 e. The maximum atomic E-state index is 12.5. The fourth-order valence-corrected chi connectivity index (χ4v) is 3.45. The molecule has 148 valence electrons. The van der Waals surface area contributed by atoms with Crippen LogP contribution in [0.1, 0.15) is 42.0 Å². The van der Waals surface area contributed by atoms with E-state index in [4.69, 9.17) is 4.74 Å². The van der Waals surface area contributed by atoms with E-state index in [0.717, 1.165) is 30.0 Å². The number of hydrogen-bond acceptors (Lipinski definition) is 5. The van der Waals surface area contributed by atoms with Gasteiger partial charge < -0.3 is 4.74 Å². The number of amides is 1. The predicted molar refractivity (Wildman–Crippen MR) is 112 cm³/mol. The lowest BCUT2D eigenvalue weighted by atomic mass is 10.1. The van der Waals surface area contributed by atoms with E-state index >= 15 is 0 Å². The highest BCUT2D eigenvalue weighted by Crippen LogP contribution is 2.16. The van der Waals surface area contributed by atoms with Crippen molar-refractivity contribution in [2.75, 3.05) is 6.61 Å². The molecule has 2 aromatic carbocycles. The molecule has 0 saturated carbocycles. The number of aromatic nitrogens is 2. The van der Waals surface area contributed by atoms with Crippen molar-refractivity contribution in [1.82, 2.24) is 15.0 Å². The molecular weight excluding hydrogens is 368 g/mol. The second-order valence-electron chi connectivity index (χ2n) is 6.92. The second kappa shape index (κ2) is 7.87. The molecule has 4 rings (SSSR count). The summed E-state index contributed by atoms with van der Waals surface area (Å²) in [5.41, 5.74) is 5.05. The van der Waals surface area contributed by atoms with E-state index in [0.29, 0.717) is 35.3 Å². The van der Waals surface area contributed by atoms with Gasteiger partial charge in [-0.3, -0.25) is 14.2 Å². The summed E-state index contributed by atoms with van der Waals surface area (Å²) in [7, 11) is 0. The van der Waals surface area contributed by atoms with Crippen LogP contribution in [0.2, 0.25) is 0 Å². The zero-order valence-electron chi connectivity index (χ0n) is 16.4. The minimum Gasteiger partial charge on any atom is -0.494 e. The van der Waals surface area contributed by atoms with Crippen LogP contribution in [0, 0.1) is 0 Å². The Labute approximate surface area is 168 Å². The minimum atomic E-state index is -0.348. The molecule has 0 radical (unpaired) electrons. The first-order valence-corrected chi connectivity index (χ1v) is 9.68. The molecule has 2 heterocycles. The summed E-state index contributed by atoms with van der Waals surface area (Å²) in [6, 6.07) is 12.5. The minimum absolute atomic E-state index is 0.0428. The number of hydrogen-bond donors (Lipinski definition) is 1. The summed E-state index contributed by atoms with van der Waals surface area (Å²) >= 11 is 0. The van der Waals surface area contributed by atoms with Gasteiger partial charge >= 0.3 is 0 Å². The van der Waals surface area contributed by atoms with Gasteiger partial charge in [-0.05, 0) is 68.3 Å². The highest BCUT2D eigenvalue weighted by Gasteiger charge is 2.17. The van der Waals surface area contributed by atoms with Crippen LogP contribution < -0.4 is 15.7 Å². The SMILES string of the molecule is CCOc1ccc(/C(C)=N\NC(=O)c2ccc3c(=O)n4c(nc3c2)CCC4)cc1. The van der Waals surface area contributed by atoms with Crippen molar-refractivity contribution in [1.29, 1.82) is 0 Å². The number of carbonyl (C=O) groups is 1. The molecular formula is C22H22N4O3. The number of ether oxygens (including phenoxy) is 1. The number of carbonyl (C=O) groups excluding carboxylic acids is 1. The molecule has 0 fully saturated rings. The third-order valence-electron chi connectivity index (χ3n) is 4.99. The van der Waals surface area contributed by atoms with Crippen molar-refractivity contribution >= 4 is 22.5 Å². The summed E-state index contributed by atoms with van der Waals surface area (Å²) in [4.78, 5) is 29.6. The van der Waals surface area contributed by atoms with Crippen LogP contribution in [0.25, 0.3) is 10.9 Å². The van der Waals surface area contributed by atoms with E-state index in [9.17, 15) is 9.59 Å². The molecule has 7 heteroatoms. The molecule has 3 aromatic rings. The normalized spacial score (nSPS) is 13.4. The van der Waals surface area contributed by atoms with Crippen molar-refractivity contribution in [2.45, 2.75) is 33.2 Å². The molecule has 0 saturated heterocycles. The van der Waals surface area contributed by atoms with Crippen molar-refractivity contribution in [3.8, 4) is 5.75 Å². The molecule has 0 unspecified atom stereocenters. The maximum absolute atomic E-state index is 12.5. The Balaban J connectivity index is 1.53. The van der Waals surface area contributed by atoms with Crippen molar-refractivity contribution in [3.05, 3.63) is 69.8 Å². The number of rotatable bonds is 5. The van der Waals surface area contributed by atoms with Gasteiger partial charge in [-0.1, -0.05) is 0 Å². The average molecular weight is 390 g/mol. The van der Waals surface area contributed by atoms with Crippen LogP contribution in [0.3, 0.4) is 0 Å². The molecule has 29 heavy (non-hydrogen) atoms. The highest BCUT2D eigenvalue weighted by molar-refractivity contribution is 6.01. The van der Waals surface area contributed by atoms with Gasteiger partial charge in [-0.25, -0.2) is 10.4 Å². The molecule has 0 bridgehead atoms. The summed E-state index contributed by atoms with van der Waals surface area (Å²) in [6.07, 6.45) is 1.71. The number of hydrazone groups is 1. The molecule has 1 aliphatic rings. The van der Waals surface area contributed by atoms with E-state index in [-0.39, 0.29) is 11.5 Å². The lowest BCUT2D eigenvalue weighted by molar-refractivity contribution is 0.0955. The van der Waals surface area contributed by atoms with Crippen molar-refractivity contribution < 1.29 is 9.53 Å². The third kappa shape index (κ3) is 3.76. The highest BCUT2D eigenvalue weighted by atomic mass is 16.5. The van der Waals surface area contributed by atoms with Crippen molar-refractivity contribution in [3.63, 3.8) is 0 Å². The molecule has 7 nitrogen and oxygen atoms in total. The van der Waals surface area contributed by atoms with E-state index in [2.05, 4.69) is 15.5 Å². The second-order valence-corrected chi connectivity index (χ2v) is 6.92. The standard InChI is InChI=1S/C22H22N4O3/c1-3-29-17-9-6-15(7-10-17)14(2)24-25-21(27)16-8-11-18-19(13-16)23-20-5-4-12-26(20)22(18)28/h6-11,13H,3-5,12H2,1-2H3,(H,25,27)/b24-14-. The van der Waals surface area contributed by atoms with Crippen LogP contribution >= 0.6 is 0 Å². The van der Waals surface area contributed by atoms with Crippen LogP contribution in [0.15, 0.2) is 52.4 Å². The summed E-state index contributed by atoms with van der Waals surface area (Å²) < 4.78 is 7.14. The monoisotopic (exact) mass is 390 g/mol. The van der Waals surface area contributed by atoms with E-state index in [1.807, 2.05) is 38.1 Å². The van der Waals surface area contributed by atoms with Crippen LogP contribution in [-0.4, -0.2) is 27.8 Å². The quantitative estimate of drug-likeness (QED) is 0.536. The summed E-state index contributed by atoms with van der Waals surface area (Å²) in [5, 5.41) is 4.72. The van der Waals surface area contributed by atoms with Gasteiger partial charge in [0.1, 0.15) is 11.6 Å². The van der Waals surface area contributed by atoms with E-state index < -0.39 is 0 Å². The lowest BCUT2D eigenvalue weighted by Gasteiger charge is -2.07. The van der Waals surface area contributed by atoms with Crippen LogP contribution in [0.4, 0.5) is 0 Å². The molecule has 1 N–H and O–H groups in total. The van der Waals surface area contributed by atoms with Gasteiger partial charge in [0.2, 0.25) is 0 Å². The number of nitrogens with one attached hydrogen (secondary N) is 1. The Morgan fingerprint density at radius 2 is 1.97 bits per heavy atom. The molecule has 1 aromatic heterocycles. The topological polar surface area (TPSA) is 85.6 Å². The molecule has 1 amide bonds. The maximum Gasteiger partial charge on any atom is 0.271 e. The van der Waals surface area contributed by atoms with Gasteiger partial charge in [0.15, 0.2) is 0 Å². The zero-order valence-corrected chi connectivity index (χ0v) is 16.4. The van der Waals surface area contributed by atoms with Crippen molar-refractivity contribution in [2.24, 2.45) is 5.10 Å². The predicted octanol–water partition coefficient (Wildman–Crippen LogP) is 2.90. The zero-order chi connectivity index (χ0) is 20.4. The number of benzene rings is 2. The fraction of sp³-hybridized carbons (Fsp3) is 0.273. The Hall–Kier alpha value is -3.48. The number of nitrogens with zero attached hydrogens (tertiary/aromatic N) is 3. The van der Waals surface area contributed by atoms with Gasteiger partial charge in [0, 0.05) is 18.5 Å². The number of aryl methyl sites for hydroxylation is 1. The fourth-order valence-electron chi connectivity index (χ4n) is 3.45.